The largest absolute Gasteiger partial charge is 0.416 e. The highest BCUT2D eigenvalue weighted by Gasteiger charge is 2.30. The number of carbonyl (C=O) groups excluding carboxylic acids is 2. The number of nitrogens with one attached hydrogen (secondary N) is 2. The maximum atomic E-state index is 12.9. The first kappa shape index (κ1) is 18.8. The van der Waals surface area contributed by atoms with E-state index in [1.165, 1.54) is 12.1 Å². The van der Waals surface area contributed by atoms with Crippen LogP contribution in [0.5, 0.6) is 0 Å². The Morgan fingerprint density at radius 1 is 1.07 bits per heavy atom. The predicted octanol–water partition coefficient (Wildman–Crippen LogP) is 3.41. The Kier molecular flexibility index (Phi) is 5.34. The van der Waals surface area contributed by atoms with Crippen molar-refractivity contribution in [1.82, 2.24) is 10.2 Å². The van der Waals surface area contributed by atoms with Crippen LogP contribution in [0.4, 0.5) is 24.5 Å². The summed E-state index contributed by atoms with van der Waals surface area (Å²) in [6.45, 7) is 1.04. The van der Waals surface area contributed by atoms with Crippen molar-refractivity contribution in [3.8, 4) is 0 Å². The van der Waals surface area contributed by atoms with E-state index in [4.69, 9.17) is 0 Å². The molecule has 0 aliphatic carbocycles. The minimum Gasteiger partial charge on any atom is -0.355 e. The van der Waals surface area contributed by atoms with Gasteiger partial charge in [0.1, 0.15) is 0 Å². The average molecular weight is 377 g/mol. The first-order valence-electron chi connectivity index (χ1n) is 8.44. The lowest BCUT2D eigenvalue weighted by Gasteiger charge is -2.21. The molecule has 8 heteroatoms. The summed E-state index contributed by atoms with van der Waals surface area (Å²) in [5, 5.41) is 5.60. The minimum absolute atomic E-state index is 0.110. The van der Waals surface area contributed by atoms with E-state index in [0.717, 1.165) is 12.1 Å². The van der Waals surface area contributed by atoms with Crippen LogP contribution in [0.2, 0.25) is 0 Å². The van der Waals surface area contributed by atoms with Gasteiger partial charge in [0.05, 0.1) is 16.8 Å². The van der Waals surface area contributed by atoms with Gasteiger partial charge in [-0.3, -0.25) is 9.59 Å². The summed E-state index contributed by atoms with van der Waals surface area (Å²) in [4.78, 5) is 25.9. The summed E-state index contributed by atoms with van der Waals surface area (Å²) in [6, 6.07) is 11.4. The molecule has 2 aromatic rings. The molecule has 1 heterocycles. The monoisotopic (exact) mass is 377 g/mol. The van der Waals surface area contributed by atoms with Gasteiger partial charge in [-0.2, -0.15) is 13.2 Å². The Labute approximate surface area is 154 Å². The number of halogens is 3. The Balaban J connectivity index is 1.84. The SMILES string of the molecule is O=C1CCN(C(=O)c2ccccc2Nc2cccc(C(F)(F)F)c2)CCN1. The van der Waals surface area contributed by atoms with Crippen molar-refractivity contribution < 1.29 is 22.8 Å². The average Bonchev–Trinajstić information content (AvgIpc) is 2.86. The molecule has 1 saturated heterocycles. The number of para-hydroxylation sites is 1. The fraction of sp³-hybridized carbons (Fsp3) is 0.263. The molecule has 0 atom stereocenters. The van der Waals surface area contributed by atoms with Crippen molar-refractivity contribution in [2.75, 3.05) is 25.0 Å². The van der Waals surface area contributed by atoms with E-state index in [0.29, 0.717) is 30.9 Å². The molecule has 1 aliphatic rings. The van der Waals surface area contributed by atoms with E-state index in [9.17, 15) is 22.8 Å². The van der Waals surface area contributed by atoms with Crippen LogP contribution in [0.3, 0.4) is 0 Å². The molecule has 5 nitrogen and oxygen atoms in total. The lowest BCUT2D eigenvalue weighted by molar-refractivity contribution is -0.137. The van der Waals surface area contributed by atoms with Crippen molar-refractivity contribution in [2.24, 2.45) is 0 Å². The molecule has 0 aromatic heterocycles. The fourth-order valence-electron chi connectivity index (χ4n) is 2.85. The molecule has 2 amide bonds. The van der Waals surface area contributed by atoms with Gasteiger partial charge in [0.2, 0.25) is 5.91 Å². The summed E-state index contributed by atoms with van der Waals surface area (Å²) in [5.41, 5.74) is 0.209. The van der Waals surface area contributed by atoms with Crippen molar-refractivity contribution >= 4 is 23.2 Å². The van der Waals surface area contributed by atoms with Crippen LogP contribution in [0.1, 0.15) is 22.3 Å². The van der Waals surface area contributed by atoms with Crippen LogP contribution < -0.4 is 10.6 Å². The number of carbonyl (C=O) groups is 2. The van der Waals surface area contributed by atoms with Crippen molar-refractivity contribution in [1.29, 1.82) is 0 Å². The maximum absolute atomic E-state index is 12.9. The minimum atomic E-state index is -4.45. The highest BCUT2D eigenvalue weighted by atomic mass is 19.4. The smallest absolute Gasteiger partial charge is 0.355 e. The highest BCUT2D eigenvalue weighted by Crippen LogP contribution is 2.32. The lowest BCUT2D eigenvalue weighted by Crippen LogP contribution is -2.34. The van der Waals surface area contributed by atoms with Gasteiger partial charge >= 0.3 is 6.18 Å². The molecule has 0 bridgehead atoms. The number of amides is 2. The quantitative estimate of drug-likeness (QED) is 0.862. The Morgan fingerprint density at radius 3 is 2.63 bits per heavy atom. The molecule has 0 unspecified atom stereocenters. The summed E-state index contributed by atoms with van der Waals surface area (Å²) in [6.07, 6.45) is -4.23. The molecule has 1 aliphatic heterocycles. The Hall–Kier alpha value is -3.03. The van der Waals surface area contributed by atoms with Crippen molar-refractivity contribution in [3.05, 3.63) is 59.7 Å². The van der Waals surface area contributed by atoms with Crippen molar-refractivity contribution in [2.45, 2.75) is 12.6 Å². The zero-order valence-electron chi connectivity index (χ0n) is 14.3. The van der Waals surface area contributed by atoms with Gasteiger partial charge in [0, 0.05) is 31.7 Å². The Morgan fingerprint density at radius 2 is 1.85 bits per heavy atom. The van der Waals surface area contributed by atoms with E-state index in [1.54, 1.807) is 29.2 Å². The molecule has 0 saturated carbocycles. The third-order valence-electron chi connectivity index (χ3n) is 4.23. The van der Waals surface area contributed by atoms with Crippen LogP contribution in [0.25, 0.3) is 0 Å². The van der Waals surface area contributed by atoms with E-state index in [2.05, 4.69) is 10.6 Å². The van der Waals surface area contributed by atoms with Gasteiger partial charge < -0.3 is 15.5 Å². The van der Waals surface area contributed by atoms with Crippen LogP contribution in [0, 0.1) is 0 Å². The molecule has 3 rings (SSSR count). The van der Waals surface area contributed by atoms with Crippen molar-refractivity contribution in [3.63, 3.8) is 0 Å². The second-order valence-corrected chi connectivity index (χ2v) is 6.14. The van der Waals surface area contributed by atoms with Gasteiger partial charge in [-0.05, 0) is 30.3 Å². The van der Waals surface area contributed by atoms with Crippen LogP contribution in [0.15, 0.2) is 48.5 Å². The topological polar surface area (TPSA) is 61.4 Å². The molecule has 1 fully saturated rings. The normalized spacial score (nSPS) is 15.1. The molecule has 27 heavy (non-hydrogen) atoms. The van der Waals surface area contributed by atoms with E-state index < -0.39 is 11.7 Å². The number of rotatable bonds is 3. The third-order valence-corrected chi connectivity index (χ3v) is 4.23. The molecule has 0 spiro atoms. The number of alkyl halides is 3. The number of hydrogen-bond donors (Lipinski definition) is 2. The molecule has 142 valence electrons. The van der Waals surface area contributed by atoms with E-state index >= 15 is 0 Å². The summed E-state index contributed by atoms with van der Waals surface area (Å²) in [5.74, 6) is -0.387. The van der Waals surface area contributed by atoms with Gasteiger partial charge in [0.15, 0.2) is 0 Å². The van der Waals surface area contributed by atoms with E-state index in [1.807, 2.05) is 0 Å². The number of benzene rings is 2. The highest BCUT2D eigenvalue weighted by molar-refractivity contribution is 6.00. The predicted molar refractivity (Wildman–Crippen MR) is 94.7 cm³/mol. The third kappa shape index (κ3) is 4.58. The second kappa shape index (κ2) is 7.69. The fourth-order valence-corrected chi connectivity index (χ4v) is 2.85. The van der Waals surface area contributed by atoms with Gasteiger partial charge in [-0.1, -0.05) is 18.2 Å². The standard InChI is InChI=1S/C19H18F3N3O2/c20-19(21,22)13-4-3-5-14(12-13)24-16-7-2-1-6-15(16)18(27)25-10-8-17(26)23-9-11-25/h1-7,12,24H,8-11H2,(H,23,26). The Bertz CT molecular complexity index is 852. The van der Waals surface area contributed by atoms with Gasteiger partial charge in [0.25, 0.3) is 5.91 Å². The molecular weight excluding hydrogens is 359 g/mol. The molecule has 0 radical (unpaired) electrons. The summed E-state index contributed by atoms with van der Waals surface area (Å²) >= 11 is 0. The molecular formula is C19H18F3N3O2. The van der Waals surface area contributed by atoms with E-state index in [-0.39, 0.29) is 23.9 Å². The summed E-state index contributed by atoms with van der Waals surface area (Å²) < 4.78 is 38.7. The second-order valence-electron chi connectivity index (χ2n) is 6.14. The number of hydrogen-bond acceptors (Lipinski definition) is 3. The van der Waals surface area contributed by atoms with Crippen LogP contribution in [-0.2, 0) is 11.0 Å². The zero-order valence-corrected chi connectivity index (χ0v) is 14.3. The zero-order chi connectivity index (χ0) is 19.4. The van der Waals surface area contributed by atoms with Gasteiger partial charge in [-0.25, -0.2) is 0 Å². The first-order valence-corrected chi connectivity index (χ1v) is 8.44. The number of anilines is 2. The van der Waals surface area contributed by atoms with Gasteiger partial charge in [-0.15, -0.1) is 0 Å². The molecule has 2 aromatic carbocycles. The molecule has 2 N–H and O–H groups in total. The first-order chi connectivity index (χ1) is 12.8. The lowest BCUT2D eigenvalue weighted by atomic mass is 10.1. The number of nitrogens with zero attached hydrogens (tertiary/aromatic N) is 1. The maximum Gasteiger partial charge on any atom is 0.416 e. The van der Waals surface area contributed by atoms with Crippen LogP contribution >= 0.6 is 0 Å². The summed E-state index contributed by atoms with van der Waals surface area (Å²) in [7, 11) is 0. The van der Waals surface area contributed by atoms with Crippen LogP contribution in [-0.4, -0.2) is 36.3 Å².